The van der Waals surface area contributed by atoms with Crippen LogP contribution >= 0.6 is 0 Å². The van der Waals surface area contributed by atoms with Crippen LogP contribution in [-0.2, 0) is 17.5 Å². The van der Waals surface area contributed by atoms with Gasteiger partial charge in [0.25, 0.3) is 0 Å². The van der Waals surface area contributed by atoms with Gasteiger partial charge in [0.1, 0.15) is 17.8 Å². The molecule has 1 aliphatic carbocycles. The van der Waals surface area contributed by atoms with Crippen LogP contribution in [0.5, 0.6) is 5.75 Å². The van der Waals surface area contributed by atoms with Gasteiger partial charge in [0, 0.05) is 23.4 Å². The van der Waals surface area contributed by atoms with Crippen LogP contribution < -0.4 is 10.1 Å². The van der Waals surface area contributed by atoms with E-state index in [-0.39, 0.29) is 30.3 Å². The number of pyridine rings is 1. The number of benzene rings is 1. The molecule has 3 aromatic rings. The first-order valence-corrected chi connectivity index (χ1v) is 10.7. The Morgan fingerprint density at radius 2 is 1.97 bits per heavy atom. The quantitative estimate of drug-likeness (QED) is 0.581. The molecule has 0 saturated heterocycles. The number of ether oxygens (including phenoxy) is 1. The van der Waals surface area contributed by atoms with Crippen molar-refractivity contribution >= 4 is 17.1 Å². The van der Waals surface area contributed by atoms with Crippen molar-refractivity contribution in [3.05, 3.63) is 42.4 Å². The van der Waals surface area contributed by atoms with Crippen LogP contribution in [0, 0.1) is 0 Å². The summed E-state index contributed by atoms with van der Waals surface area (Å²) < 4.78 is 46.8. The number of nitrogens with one attached hydrogen (secondary N) is 1. The molecule has 2 heterocycles. The number of hydrogen-bond acceptors (Lipinski definition) is 4. The van der Waals surface area contributed by atoms with Gasteiger partial charge in [-0.1, -0.05) is 12.8 Å². The van der Waals surface area contributed by atoms with Crippen LogP contribution in [0.1, 0.15) is 45.1 Å². The Balaban J connectivity index is 1.61. The van der Waals surface area contributed by atoms with E-state index in [2.05, 4.69) is 15.3 Å². The molecule has 9 heteroatoms. The molecular weight excluding hydrogens is 421 g/mol. The van der Waals surface area contributed by atoms with Crippen LogP contribution in [0.3, 0.4) is 0 Å². The summed E-state index contributed by atoms with van der Waals surface area (Å²) in [7, 11) is 0. The summed E-state index contributed by atoms with van der Waals surface area (Å²) >= 11 is 0. The van der Waals surface area contributed by atoms with Gasteiger partial charge in [-0.05, 0) is 51.0 Å². The lowest BCUT2D eigenvalue weighted by Crippen LogP contribution is -2.35. The minimum atomic E-state index is -4.46. The summed E-state index contributed by atoms with van der Waals surface area (Å²) in [6, 6.07) is 5.39. The lowest BCUT2D eigenvalue weighted by Gasteiger charge is -2.17. The highest BCUT2D eigenvalue weighted by Gasteiger charge is 2.31. The number of amides is 1. The molecule has 1 N–H and O–H groups in total. The van der Waals surface area contributed by atoms with E-state index in [1.807, 2.05) is 0 Å². The Morgan fingerprint density at radius 1 is 1.22 bits per heavy atom. The molecule has 1 aliphatic rings. The van der Waals surface area contributed by atoms with E-state index in [0.717, 1.165) is 37.8 Å². The minimum absolute atomic E-state index is 0.0857. The SMILES string of the molecule is CC(C)Oc1cc(C(F)(F)F)ccc1-c1cnc2c(c1)ncn2CC(=O)NC1CCCC1. The fourth-order valence-electron chi connectivity index (χ4n) is 4.00. The van der Waals surface area contributed by atoms with Gasteiger partial charge in [-0.3, -0.25) is 4.79 Å². The zero-order chi connectivity index (χ0) is 22.9. The number of aromatic nitrogens is 3. The molecule has 0 spiro atoms. The van der Waals surface area contributed by atoms with Crippen LogP contribution in [0.2, 0.25) is 0 Å². The third-order valence-electron chi connectivity index (χ3n) is 5.47. The summed E-state index contributed by atoms with van der Waals surface area (Å²) in [5.41, 5.74) is 1.39. The van der Waals surface area contributed by atoms with Gasteiger partial charge in [0.05, 0.1) is 18.0 Å². The number of imidazole rings is 1. The van der Waals surface area contributed by atoms with Crippen molar-refractivity contribution < 1.29 is 22.7 Å². The summed E-state index contributed by atoms with van der Waals surface area (Å²) in [6.07, 6.45) is 2.63. The van der Waals surface area contributed by atoms with Crippen molar-refractivity contribution in [3.63, 3.8) is 0 Å². The molecule has 2 aromatic heterocycles. The third-order valence-corrected chi connectivity index (χ3v) is 5.47. The predicted octanol–water partition coefficient (Wildman–Crippen LogP) is 4.96. The first-order chi connectivity index (χ1) is 15.2. The fourth-order valence-corrected chi connectivity index (χ4v) is 4.00. The second kappa shape index (κ2) is 8.80. The van der Waals surface area contributed by atoms with E-state index in [1.165, 1.54) is 6.07 Å². The second-order valence-electron chi connectivity index (χ2n) is 8.36. The molecule has 4 rings (SSSR count). The van der Waals surface area contributed by atoms with E-state index in [9.17, 15) is 18.0 Å². The minimum Gasteiger partial charge on any atom is -0.490 e. The number of fused-ring (bicyclic) bond motifs is 1. The highest BCUT2D eigenvalue weighted by Crippen LogP contribution is 2.38. The van der Waals surface area contributed by atoms with Crippen molar-refractivity contribution in [1.82, 2.24) is 19.9 Å². The number of rotatable bonds is 6. The molecule has 170 valence electrons. The maximum atomic E-state index is 13.2. The molecule has 6 nitrogen and oxygen atoms in total. The summed E-state index contributed by atoms with van der Waals surface area (Å²) in [5, 5.41) is 3.04. The summed E-state index contributed by atoms with van der Waals surface area (Å²) in [5.74, 6) is 0.0452. The van der Waals surface area contributed by atoms with E-state index in [4.69, 9.17) is 4.74 Å². The largest absolute Gasteiger partial charge is 0.490 e. The highest BCUT2D eigenvalue weighted by molar-refractivity contribution is 5.82. The fraction of sp³-hybridized carbons (Fsp3) is 0.435. The second-order valence-corrected chi connectivity index (χ2v) is 8.36. The van der Waals surface area contributed by atoms with Gasteiger partial charge >= 0.3 is 6.18 Å². The first-order valence-electron chi connectivity index (χ1n) is 10.7. The van der Waals surface area contributed by atoms with E-state index < -0.39 is 11.7 Å². The maximum Gasteiger partial charge on any atom is 0.416 e. The molecule has 1 amide bonds. The Bertz CT molecular complexity index is 1120. The van der Waals surface area contributed by atoms with Crippen LogP contribution in [-0.4, -0.2) is 32.6 Å². The number of alkyl halides is 3. The zero-order valence-corrected chi connectivity index (χ0v) is 17.9. The van der Waals surface area contributed by atoms with E-state index >= 15 is 0 Å². The van der Waals surface area contributed by atoms with Crippen molar-refractivity contribution in [2.24, 2.45) is 0 Å². The van der Waals surface area contributed by atoms with Crippen LogP contribution in [0.15, 0.2) is 36.8 Å². The van der Waals surface area contributed by atoms with Gasteiger partial charge in [-0.25, -0.2) is 9.97 Å². The average molecular weight is 446 g/mol. The predicted molar refractivity (Wildman–Crippen MR) is 114 cm³/mol. The molecule has 0 atom stereocenters. The van der Waals surface area contributed by atoms with E-state index in [0.29, 0.717) is 22.3 Å². The lowest BCUT2D eigenvalue weighted by molar-refractivity contribution is -0.137. The lowest BCUT2D eigenvalue weighted by atomic mass is 10.0. The first kappa shape index (κ1) is 22.1. The van der Waals surface area contributed by atoms with Crippen molar-refractivity contribution in [1.29, 1.82) is 0 Å². The molecule has 0 unspecified atom stereocenters. The molecule has 0 radical (unpaired) electrons. The van der Waals surface area contributed by atoms with Crippen LogP contribution in [0.25, 0.3) is 22.3 Å². The normalized spacial score (nSPS) is 14.9. The number of halogens is 3. The molecule has 0 aliphatic heterocycles. The van der Waals surface area contributed by atoms with E-state index in [1.54, 1.807) is 37.0 Å². The van der Waals surface area contributed by atoms with Crippen LogP contribution in [0.4, 0.5) is 13.2 Å². The van der Waals surface area contributed by atoms with Gasteiger partial charge in [-0.2, -0.15) is 13.2 Å². The van der Waals surface area contributed by atoms with Crippen molar-refractivity contribution in [2.75, 3.05) is 0 Å². The standard InChI is InChI=1S/C23H25F3N4O2/c1-14(2)32-20-10-16(23(24,25)26)7-8-18(20)15-9-19-22(27-11-15)30(13-28-19)12-21(31)29-17-5-3-4-6-17/h7-11,13-14,17H,3-6,12H2,1-2H3,(H,29,31). The zero-order valence-electron chi connectivity index (χ0n) is 17.9. The van der Waals surface area contributed by atoms with Gasteiger partial charge < -0.3 is 14.6 Å². The monoisotopic (exact) mass is 446 g/mol. The molecule has 0 bridgehead atoms. The Kier molecular flexibility index (Phi) is 6.08. The van der Waals surface area contributed by atoms with Gasteiger partial charge in [-0.15, -0.1) is 0 Å². The molecule has 1 aromatic carbocycles. The van der Waals surface area contributed by atoms with Crippen molar-refractivity contribution in [3.8, 4) is 16.9 Å². The summed E-state index contributed by atoms with van der Waals surface area (Å²) in [6.45, 7) is 3.62. The average Bonchev–Trinajstić information content (AvgIpc) is 3.36. The number of nitrogens with zero attached hydrogens (tertiary/aromatic N) is 3. The number of carbonyl (C=O) groups excluding carboxylic acids is 1. The molecule has 32 heavy (non-hydrogen) atoms. The van der Waals surface area contributed by atoms with Gasteiger partial charge in [0.2, 0.25) is 5.91 Å². The molecule has 1 saturated carbocycles. The number of carbonyl (C=O) groups is 1. The molecule has 1 fully saturated rings. The van der Waals surface area contributed by atoms with Gasteiger partial charge in [0.15, 0.2) is 5.65 Å². The smallest absolute Gasteiger partial charge is 0.416 e. The third kappa shape index (κ3) is 4.87. The number of hydrogen-bond donors (Lipinski definition) is 1. The molecular formula is C23H25F3N4O2. The summed E-state index contributed by atoms with van der Waals surface area (Å²) in [4.78, 5) is 21.1. The Morgan fingerprint density at radius 3 is 2.66 bits per heavy atom. The Hall–Kier alpha value is -3.10. The topological polar surface area (TPSA) is 69.0 Å². The Labute approximate surface area is 183 Å². The highest BCUT2D eigenvalue weighted by atomic mass is 19.4. The van der Waals surface area contributed by atoms with Crippen molar-refractivity contribution in [2.45, 2.75) is 64.4 Å². The maximum absolute atomic E-state index is 13.2.